The van der Waals surface area contributed by atoms with E-state index in [2.05, 4.69) is 0 Å². The SMILES string of the molecule is CCCOC(=O)C(C(=O)OCCC)=C1c2ccccc2-c2ccccc21. The third-order valence-electron chi connectivity index (χ3n) is 4.22. The predicted molar refractivity (Wildman–Crippen MR) is 100 cm³/mol. The zero-order valence-electron chi connectivity index (χ0n) is 15.1. The standard InChI is InChI=1S/C22H22O4/c1-3-13-25-21(23)20(22(24)26-14-4-2)19-17-11-7-5-9-15(17)16-10-6-8-12-18(16)19/h5-12H,3-4,13-14H2,1-2H3. The van der Waals surface area contributed by atoms with E-state index in [1.54, 1.807) is 0 Å². The molecule has 0 spiro atoms. The van der Waals surface area contributed by atoms with Gasteiger partial charge in [0.05, 0.1) is 13.2 Å². The van der Waals surface area contributed by atoms with Crippen LogP contribution in [0.2, 0.25) is 0 Å². The van der Waals surface area contributed by atoms with Gasteiger partial charge in [-0.25, -0.2) is 9.59 Å². The van der Waals surface area contributed by atoms with Gasteiger partial charge in [0.1, 0.15) is 0 Å². The monoisotopic (exact) mass is 350 g/mol. The van der Waals surface area contributed by atoms with Crippen LogP contribution in [-0.4, -0.2) is 25.2 Å². The Bertz CT molecular complexity index is 794. The second kappa shape index (κ2) is 8.00. The first-order valence-electron chi connectivity index (χ1n) is 8.96. The first kappa shape index (κ1) is 17.9. The molecule has 1 aliphatic rings. The molecule has 2 aromatic carbocycles. The van der Waals surface area contributed by atoms with Crippen molar-refractivity contribution in [1.29, 1.82) is 0 Å². The summed E-state index contributed by atoms with van der Waals surface area (Å²) in [7, 11) is 0. The highest BCUT2D eigenvalue weighted by Gasteiger charge is 2.33. The second-order valence-corrected chi connectivity index (χ2v) is 6.11. The van der Waals surface area contributed by atoms with Crippen LogP contribution in [0.5, 0.6) is 0 Å². The summed E-state index contributed by atoms with van der Waals surface area (Å²) in [5.74, 6) is -1.26. The topological polar surface area (TPSA) is 52.6 Å². The average Bonchev–Trinajstić information content (AvgIpc) is 3.00. The Hall–Kier alpha value is -2.88. The number of carbonyl (C=O) groups is 2. The van der Waals surface area contributed by atoms with Crippen molar-refractivity contribution in [3.8, 4) is 11.1 Å². The number of hydrogen-bond acceptors (Lipinski definition) is 4. The van der Waals surface area contributed by atoms with Gasteiger partial charge >= 0.3 is 11.9 Å². The largest absolute Gasteiger partial charge is 0.462 e. The predicted octanol–water partition coefficient (Wildman–Crippen LogP) is 4.38. The van der Waals surface area contributed by atoms with E-state index in [9.17, 15) is 9.59 Å². The van der Waals surface area contributed by atoms with Gasteiger partial charge in [0.2, 0.25) is 0 Å². The number of rotatable bonds is 6. The number of esters is 2. The van der Waals surface area contributed by atoms with Crippen molar-refractivity contribution < 1.29 is 19.1 Å². The number of fused-ring (bicyclic) bond motifs is 3. The van der Waals surface area contributed by atoms with E-state index in [0.717, 1.165) is 22.3 Å². The fourth-order valence-electron chi connectivity index (χ4n) is 3.11. The molecule has 0 atom stereocenters. The molecule has 0 radical (unpaired) electrons. The van der Waals surface area contributed by atoms with Crippen LogP contribution in [0.1, 0.15) is 37.8 Å². The molecular weight excluding hydrogens is 328 g/mol. The summed E-state index contributed by atoms with van der Waals surface area (Å²) in [5, 5.41) is 0. The molecule has 0 saturated heterocycles. The first-order valence-corrected chi connectivity index (χ1v) is 8.96. The van der Waals surface area contributed by atoms with Gasteiger partial charge in [-0.15, -0.1) is 0 Å². The van der Waals surface area contributed by atoms with Crippen molar-refractivity contribution in [2.45, 2.75) is 26.7 Å². The van der Waals surface area contributed by atoms with Crippen LogP contribution < -0.4 is 0 Å². The molecule has 0 aliphatic heterocycles. The van der Waals surface area contributed by atoms with Gasteiger partial charge in [0.25, 0.3) is 0 Å². The second-order valence-electron chi connectivity index (χ2n) is 6.11. The van der Waals surface area contributed by atoms with Gasteiger partial charge in [-0.2, -0.15) is 0 Å². The lowest BCUT2D eigenvalue weighted by atomic mass is 9.98. The van der Waals surface area contributed by atoms with Gasteiger partial charge in [-0.1, -0.05) is 62.4 Å². The molecule has 134 valence electrons. The smallest absolute Gasteiger partial charge is 0.346 e. The molecule has 4 nitrogen and oxygen atoms in total. The van der Waals surface area contributed by atoms with E-state index in [-0.39, 0.29) is 18.8 Å². The van der Waals surface area contributed by atoms with Gasteiger partial charge < -0.3 is 9.47 Å². The molecular formula is C22H22O4. The van der Waals surface area contributed by atoms with E-state index >= 15 is 0 Å². The molecule has 3 rings (SSSR count). The Balaban J connectivity index is 2.20. The number of hydrogen-bond donors (Lipinski definition) is 0. The van der Waals surface area contributed by atoms with Crippen molar-refractivity contribution in [1.82, 2.24) is 0 Å². The van der Waals surface area contributed by atoms with Crippen molar-refractivity contribution in [3.05, 3.63) is 65.2 Å². The summed E-state index contributed by atoms with van der Waals surface area (Å²) < 4.78 is 10.6. The molecule has 0 unspecified atom stereocenters. The molecule has 4 heteroatoms. The van der Waals surface area contributed by atoms with Crippen LogP contribution in [0.3, 0.4) is 0 Å². The Morgan fingerprint density at radius 2 is 1.08 bits per heavy atom. The molecule has 0 aromatic heterocycles. The number of benzene rings is 2. The third kappa shape index (κ3) is 3.27. The van der Waals surface area contributed by atoms with Crippen LogP contribution in [0.25, 0.3) is 16.7 Å². The molecule has 0 saturated carbocycles. The summed E-state index contributed by atoms with van der Waals surface area (Å²) in [5.41, 5.74) is 4.28. The number of carbonyl (C=O) groups excluding carboxylic acids is 2. The minimum atomic E-state index is -0.630. The zero-order chi connectivity index (χ0) is 18.5. The third-order valence-corrected chi connectivity index (χ3v) is 4.22. The van der Waals surface area contributed by atoms with Crippen LogP contribution in [0.4, 0.5) is 0 Å². The lowest BCUT2D eigenvalue weighted by molar-refractivity contribution is -0.147. The van der Waals surface area contributed by atoms with Crippen LogP contribution in [0.15, 0.2) is 54.1 Å². The normalized spacial score (nSPS) is 11.5. The van der Waals surface area contributed by atoms with E-state index < -0.39 is 11.9 Å². The highest BCUT2D eigenvalue weighted by molar-refractivity contribution is 6.24. The van der Waals surface area contributed by atoms with Gasteiger partial charge in [0.15, 0.2) is 5.57 Å². The Morgan fingerprint density at radius 3 is 1.46 bits per heavy atom. The van der Waals surface area contributed by atoms with Crippen molar-refractivity contribution in [2.24, 2.45) is 0 Å². The molecule has 2 aromatic rings. The highest BCUT2D eigenvalue weighted by Crippen LogP contribution is 2.45. The summed E-state index contributed by atoms with van der Waals surface area (Å²) >= 11 is 0. The Kier molecular flexibility index (Phi) is 5.52. The Labute approximate surface area is 153 Å². The molecule has 0 N–H and O–H groups in total. The highest BCUT2D eigenvalue weighted by atomic mass is 16.6. The molecule has 1 aliphatic carbocycles. The summed E-state index contributed by atoms with van der Waals surface area (Å²) in [4.78, 5) is 25.5. The molecule has 0 amide bonds. The molecule has 0 bridgehead atoms. The van der Waals surface area contributed by atoms with Crippen LogP contribution in [0, 0.1) is 0 Å². The quantitative estimate of drug-likeness (QED) is 0.287. The van der Waals surface area contributed by atoms with E-state index in [0.29, 0.717) is 18.4 Å². The molecule has 26 heavy (non-hydrogen) atoms. The van der Waals surface area contributed by atoms with E-state index in [4.69, 9.17) is 9.47 Å². The average molecular weight is 350 g/mol. The fraction of sp³-hybridized carbons (Fsp3) is 0.273. The van der Waals surface area contributed by atoms with E-state index in [1.807, 2.05) is 62.4 Å². The minimum Gasteiger partial charge on any atom is -0.462 e. The lowest BCUT2D eigenvalue weighted by Gasteiger charge is -2.12. The minimum absolute atomic E-state index is 0.0238. The van der Waals surface area contributed by atoms with E-state index in [1.165, 1.54) is 0 Å². The maximum absolute atomic E-state index is 12.7. The van der Waals surface area contributed by atoms with Crippen molar-refractivity contribution in [2.75, 3.05) is 13.2 Å². The maximum Gasteiger partial charge on any atom is 0.346 e. The van der Waals surface area contributed by atoms with Crippen molar-refractivity contribution in [3.63, 3.8) is 0 Å². The summed E-state index contributed by atoms with van der Waals surface area (Å²) in [6, 6.07) is 15.5. The van der Waals surface area contributed by atoms with Crippen LogP contribution >= 0.6 is 0 Å². The fourth-order valence-corrected chi connectivity index (χ4v) is 3.11. The van der Waals surface area contributed by atoms with Crippen molar-refractivity contribution >= 4 is 17.5 Å². The summed E-state index contributed by atoms with van der Waals surface area (Å²) in [6.45, 7) is 4.35. The molecule has 0 fully saturated rings. The maximum atomic E-state index is 12.7. The lowest BCUT2D eigenvalue weighted by Crippen LogP contribution is -2.21. The number of ether oxygens (including phenoxy) is 2. The summed E-state index contributed by atoms with van der Waals surface area (Å²) in [6.07, 6.45) is 1.37. The van der Waals surface area contributed by atoms with Gasteiger partial charge in [-0.3, -0.25) is 0 Å². The zero-order valence-corrected chi connectivity index (χ0v) is 15.1. The Morgan fingerprint density at radius 1 is 0.692 bits per heavy atom. The molecule has 0 heterocycles. The van der Waals surface area contributed by atoms with Gasteiger partial charge in [0, 0.05) is 5.57 Å². The van der Waals surface area contributed by atoms with Crippen LogP contribution in [-0.2, 0) is 19.1 Å². The van der Waals surface area contributed by atoms with Gasteiger partial charge in [-0.05, 0) is 35.1 Å². The first-order chi connectivity index (χ1) is 12.7.